The zero-order valence-corrected chi connectivity index (χ0v) is 26.8. The van der Waals surface area contributed by atoms with Crippen molar-refractivity contribution in [2.24, 2.45) is 0 Å². The minimum absolute atomic E-state index is 0.110. The van der Waals surface area contributed by atoms with Gasteiger partial charge in [0.2, 0.25) is 0 Å². The van der Waals surface area contributed by atoms with E-state index in [0.717, 1.165) is 47.0 Å². The average Bonchev–Trinajstić information content (AvgIpc) is 3.56. The molecule has 1 amide bonds. The third kappa shape index (κ3) is 9.17. The van der Waals surface area contributed by atoms with Gasteiger partial charge in [-0.1, -0.05) is 78.9 Å². The van der Waals surface area contributed by atoms with E-state index in [2.05, 4.69) is 40.5 Å². The van der Waals surface area contributed by atoms with Crippen molar-refractivity contribution in [2.45, 2.75) is 39.1 Å². The van der Waals surface area contributed by atoms with E-state index in [9.17, 15) is 4.79 Å². The fourth-order valence-electron chi connectivity index (χ4n) is 5.00. The van der Waals surface area contributed by atoms with Crippen molar-refractivity contribution >= 4 is 17.2 Å². The van der Waals surface area contributed by atoms with Gasteiger partial charge in [0.1, 0.15) is 23.1 Å². The van der Waals surface area contributed by atoms with Gasteiger partial charge >= 0.3 is 0 Å². The predicted octanol–water partition coefficient (Wildman–Crippen LogP) is 7.48. The Morgan fingerprint density at radius 1 is 0.822 bits per heavy atom. The van der Waals surface area contributed by atoms with Gasteiger partial charge in [-0.25, -0.2) is 4.98 Å². The number of hydrogen-bond acceptors (Lipinski definition) is 7. The number of rotatable bonds is 15. The first-order valence-electron chi connectivity index (χ1n) is 15.0. The monoisotopic (exact) mass is 621 g/mol. The number of methoxy groups -OCH3 is 2. The third-order valence-corrected chi connectivity index (χ3v) is 8.37. The van der Waals surface area contributed by atoms with Gasteiger partial charge in [0.15, 0.2) is 11.5 Å². The molecule has 0 bridgehead atoms. The Balaban J connectivity index is 1.26. The highest BCUT2D eigenvalue weighted by molar-refractivity contribution is 7.09. The molecule has 5 rings (SSSR count). The van der Waals surface area contributed by atoms with Gasteiger partial charge in [0.05, 0.1) is 26.8 Å². The van der Waals surface area contributed by atoms with Crippen LogP contribution in [0, 0.1) is 0 Å². The molecule has 232 valence electrons. The van der Waals surface area contributed by atoms with Crippen LogP contribution in [0.2, 0.25) is 0 Å². The lowest BCUT2D eigenvalue weighted by Gasteiger charge is -2.22. The summed E-state index contributed by atoms with van der Waals surface area (Å²) in [5, 5.41) is 5.80. The van der Waals surface area contributed by atoms with Gasteiger partial charge in [0, 0.05) is 18.5 Å². The van der Waals surface area contributed by atoms with E-state index >= 15 is 0 Å². The van der Waals surface area contributed by atoms with E-state index in [0.29, 0.717) is 30.3 Å². The van der Waals surface area contributed by atoms with Gasteiger partial charge in [-0.3, -0.25) is 9.69 Å². The molecule has 4 aromatic carbocycles. The number of amides is 1. The molecule has 1 atom stereocenters. The molecule has 0 fully saturated rings. The summed E-state index contributed by atoms with van der Waals surface area (Å²) >= 11 is 1.51. The van der Waals surface area contributed by atoms with Gasteiger partial charge in [-0.05, 0) is 59.9 Å². The fourth-order valence-corrected chi connectivity index (χ4v) is 5.82. The first-order chi connectivity index (χ1) is 22.0. The number of carbonyl (C=O) groups is 1. The summed E-state index contributed by atoms with van der Waals surface area (Å²) in [5.74, 6) is 2.09. The van der Waals surface area contributed by atoms with Crippen LogP contribution in [0.5, 0.6) is 17.2 Å². The summed E-state index contributed by atoms with van der Waals surface area (Å²) in [6.07, 6.45) is 0.811. The maximum atomic E-state index is 13.0. The van der Waals surface area contributed by atoms with Crippen LogP contribution < -0.4 is 19.5 Å². The van der Waals surface area contributed by atoms with Crippen molar-refractivity contribution < 1.29 is 19.0 Å². The quantitative estimate of drug-likeness (QED) is 0.131. The number of hydrogen-bond donors (Lipinski definition) is 1. The molecule has 0 spiro atoms. The summed E-state index contributed by atoms with van der Waals surface area (Å²) in [7, 11) is 3.29. The number of thiazole rings is 1. The van der Waals surface area contributed by atoms with Crippen LogP contribution in [-0.2, 0) is 26.1 Å². The van der Waals surface area contributed by atoms with Gasteiger partial charge in [-0.2, -0.15) is 0 Å². The molecule has 0 saturated heterocycles. The summed E-state index contributed by atoms with van der Waals surface area (Å²) in [4.78, 5) is 20.1. The molecular formula is C37H39N3O4S. The van der Waals surface area contributed by atoms with Crippen LogP contribution in [0.1, 0.15) is 50.7 Å². The Hall–Kier alpha value is -4.66. The normalized spacial score (nSPS) is 11.6. The van der Waals surface area contributed by atoms with E-state index in [4.69, 9.17) is 19.2 Å². The van der Waals surface area contributed by atoms with Crippen molar-refractivity contribution in [1.82, 2.24) is 15.2 Å². The Bertz CT molecular complexity index is 1640. The zero-order valence-electron chi connectivity index (χ0n) is 25.9. The van der Waals surface area contributed by atoms with E-state index in [1.54, 1.807) is 14.2 Å². The van der Waals surface area contributed by atoms with Crippen LogP contribution in [-0.4, -0.2) is 36.6 Å². The Morgan fingerprint density at radius 2 is 1.51 bits per heavy atom. The topological polar surface area (TPSA) is 72.9 Å². The van der Waals surface area contributed by atoms with E-state index in [1.807, 2.05) is 85.1 Å². The molecule has 0 aliphatic rings. The van der Waals surface area contributed by atoms with Crippen molar-refractivity contribution in [3.05, 3.63) is 141 Å². The summed E-state index contributed by atoms with van der Waals surface area (Å²) < 4.78 is 16.9. The van der Waals surface area contributed by atoms with Crippen LogP contribution >= 0.6 is 11.3 Å². The molecule has 7 nitrogen and oxygen atoms in total. The average molecular weight is 622 g/mol. The number of aromatic nitrogens is 1. The van der Waals surface area contributed by atoms with Crippen LogP contribution in [0.4, 0.5) is 0 Å². The lowest BCUT2D eigenvalue weighted by atomic mass is 10.1. The lowest BCUT2D eigenvalue weighted by Crippen LogP contribution is -2.27. The van der Waals surface area contributed by atoms with Crippen LogP contribution in [0.15, 0.2) is 109 Å². The van der Waals surface area contributed by atoms with Gasteiger partial charge in [0.25, 0.3) is 5.91 Å². The molecule has 0 saturated carbocycles. The highest BCUT2D eigenvalue weighted by Crippen LogP contribution is 2.28. The molecule has 8 heteroatoms. The lowest BCUT2D eigenvalue weighted by molar-refractivity contribution is 0.0935. The highest BCUT2D eigenvalue weighted by Gasteiger charge is 2.17. The van der Waals surface area contributed by atoms with Crippen molar-refractivity contribution in [3.63, 3.8) is 0 Å². The number of ether oxygens (including phenoxy) is 3. The SMILES string of the molecule is COc1ccc(CCN(Cc2ccc(OCc3ccccc3)cc2)Cc2nc(C(=O)N[C@@H](C)c3ccccc3)cs2)cc1OC. The van der Waals surface area contributed by atoms with E-state index in [-0.39, 0.29) is 11.9 Å². The van der Waals surface area contributed by atoms with Gasteiger partial charge < -0.3 is 19.5 Å². The number of nitrogens with one attached hydrogen (secondary N) is 1. The smallest absolute Gasteiger partial charge is 0.271 e. The Kier molecular flexibility index (Phi) is 11.2. The summed E-state index contributed by atoms with van der Waals surface area (Å²) in [6.45, 7) is 4.63. The minimum atomic E-state index is -0.170. The molecule has 1 aromatic heterocycles. The maximum absolute atomic E-state index is 13.0. The molecule has 0 radical (unpaired) electrons. The number of carbonyl (C=O) groups excluding carboxylic acids is 1. The molecule has 1 N–H and O–H groups in total. The number of nitrogens with zero attached hydrogens (tertiary/aromatic N) is 2. The first-order valence-corrected chi connectivity index (χ1v) is 15.9. The molecule has 0 aliphatic heterocycles. The largest absolute Gasteiger partial charge is 0.493 e. The van der Waals surface area contributed by atoms with E-state index in [1.165, 1.54) is 16.9 Å². The highest BCUT2D eigenvalue weighted by atomic mass is 32.1. The minimum Gasteiger partial charge on any atom is -0.493 e. The van der Waals surface area contributed by atoms with Crippen molar-refractivity contribution in [3.8, 4) is 17.2 Å². The van der Waals surface area contributed by atoms with Crippen molar-refractivity contribution in [2.75, 3.05) is 20.8 Å². The second kappa shape index (κ2) is 15.9. The Morgan fingerprint density at radius 3 is 2.22 bits per heavy atom. The summed E-state index contributed by atoms with van der Waals surface area (Å²) in [6, 6.07) is 34.3. The molecule has 1 heterocycles. The summed E-state index contributed by atoms with van der Waals surface area (Å²) in [5.41, 5.74) is 4.95. The molecule has 0 aliphatic carbocycles. The standard InChI is InChI=1S/C37H39N3O4S/c1-27(31-12-8-5-9-13-31)38-37(41)33-26-45-36(39-33)24-40(21-20-28-16-19-34(42-2)35(22-28)43-3)23-29-14-17-32(18-15-29)44-25-30-10-6-4-7-11-30/h4-19,22,26-27H,20-21,23-25H2,1-3H3,(H,38,41)/t27-/m0/s1. The second-order valence-corrected chi connectivity index (χ2v) is 11.7. The molecule has 0 unspecified atom stereocenters. The Labute approximate surface area is 269 Å². The van der Waals surface area contributed by atoms with Crippen LogP contribution in [0.3, 0.4) is 0 Å². The molecular weight excluding hydrogens is 582 g/mol. The molecule has 5 aromatic rings. The fraction of sp³-hybridized carbons (Fsp3) is 0.243. The predicted molar refractivity (Wildman–Crippen MR) is 179 cm³/mol. The zero-order chi connectivity index (χ0) is 31.4. The van der Waals surface area contributed by atoms with Crippen LogP contribution in [0.25, 0.3) is 0 Å². The van der Waals surface area contributed by atoms with E-state index < -0.39 is 0 Å². The first kappa shape index (κ1) is 31.8. The molecule has 45 heavy (non-hydrogen) atoms. The second-order valence-electron chi connectivity index (χ2n) is 10.8. The third-order valence-electron chi connectivity index (χ3n) is 7.53. The number of benzene rings is 4. The van der Waals surface area contributed by atoms with Gasteiger partial charge in [-0.15, -0.1) is 11.3 Å². The van der Waals surface area contributed by atoms with Crippen molar-refractivity contribution in [1.29, 1.82) is 0 Å². The maximum Gasteiger partial charge on any atom is 0.271 e.